The van der Waals surface area contributed by atoms with Gasteiger partial charge in [-0.1, -0.05) is 18.2 Å². The van der Waals surface area contributed by atoms with Crippen LogP contribution in [0.25, 0.3) is 22.8 Å². The van der Waals surface area contributed by atoms with Gasteiger partial charge in [-0.3, -0.25) is 9.97 Å². The summed E-state index contributed by atoms with van der Waals surface area (Å²) < 4.78 is 0. The van der Waals surface area contributed by atoms with Gasteiger partial charge >= 0.3 is 0 Å². The zero-order valence-corrected chi connectivity index (χ0v) is 12.3. The van der Waals surface area contributed by atoms with Gasteiger partial charge in [-0.15, -0.1) is 0 Å². The van der Waals surface area contributed by atoms with Crippen molar-refractivity contribution in [3.63, 3.8) is 0 Å². The van der Waals surface area contributed by atoms with E-state index in [1.807, 2.05) is 54.6 Å². The van der Waals surface area contributed by atoms with Crippen LogP contribution in [0.5, 0.6) is 0 Å². The Labute approximate surface area is 126 Å². The first-order valence-electron chi connectivity index (χ1n) is 5.73. The molecule has 0 bridgehead atoms. The molecule has 0 saturated heterocycles. The van der Waals surface area contributed by atoms with E-state index in [1.54, 1.807) is 12.4 Å². The maximum absolute atomic E-state index is 4.59. The molecule has 96 valence electrons. The van der Waals surface area contributed by atoms with Gasteiger partial charge in [0.2, 0.25) is 0 Å². The second-order valence-corrected chi connectivity index (χ2v) is 3.84. The molecule has 0 aliphatic heterocycles. The Morgan fingerprint density at radius 1 is 0.526 bits per heavy atom. The predicted molar refractivity (Wildman–Crippen MR) is 70.7 cm³/mol. The normalized spacial score (nSPS) is 9.68. The van der Waals surface area contributed by atoms with Gasteiger partial charge in [-0.25, -0.2) is 4.98 Å². The van der Waals surface area contributed by atoms with E-state index in [4.69, 9.17) is 0 Å². The van der Waals surface area contributed by atoms with Crippen LogP contribution >= 0.6 is 0 Å². The molecule has 19 heavy (non-hydrogen) atoms. The summed E-state index contributed by atoms with van der Waals surface area (Å²) in [7, 11) is 0. The maximum Gasteiger partial charge on any atom is 0.0894 e. The number of hydrogen-bond acceptors (Lipinski definition) is 3. The predicted octanol–water partition coefficient (Wildman–Crippen LogP) is 3.20. The zero-order valence-electron chi connectivity index (χ0n) is 10.0. The Bertz CT molecular complexity index is 587. The summed E-state index contributed by atoms with van der Waals surface area (Å²) >= 11 is 0. The number of aromatic nitrogens is 3. The molecule has 4 heteroatoms. The van der Waals surface area contributed by atoms with E-state index < -0.39 is 0 Å². The average molecular weight is 428 g/mol. The second kappa shape index (κ2) is 6.35. The van der Waals surface area contributed by atoms with Crippen molar-refractivity contribution in [3.05, 3.63) is 67.0 Å². The van der Waals surface area contributed by atoms with Crippen molar-refractivity contribution in [1.29, 1.82) is 0 Å². The maximum atomic E-state index is 4.59. The van der Waals surface area contributed by atoms with Crippen LogP contribution < -0.4 is 0 Å². The van der Waals surface area contributed by atoms with Gasteiger partial charge in [0.05, 0.1) is 22.8 Å². The smallest absolute Gasteiger partial charge is 0.0894 e. The van der Waals surface area contributed by atoms with E-state index in [0.717, 1.165) is 22.8 Å². The molecule has 0 spiro atoms. The van der Waals surface area contributed by atoms with Crippen LogP contribution in [-0.2, 0) is 21.1 Å². The fourth-order valence-corrected chi connectivity index (χ4v) is 1.75. The molecule has 0 aliphatic carbocycles. The summed E-state index contributed by atoms with van der Waals surface area (Å²) in [5.41, 5.74) is 3.46. The molecule has 3 aromatic rings. The molecular formula is C15H11N3Pt. The molecule has 0 unspecified atom stereocenters. The SMILES string of the molecule is [Pt].c1ccc(-c2cccc(-c3ccccn3)n2)nc1. The van der Waals surface area contributed by atoms with Crippen molar-refractivity contribution in [1.82, 2.24) is 15.0 Å². The number of pyridine rings is 3. The van der Waals surface area contributed by atoms with Gasteiger partial charge < -0.3 is 0 Å². The van der Waals surface area contributed by atoms with E-state index in [2.05, 4.69) is 15.0 Å². The first-order valence-corrected chi connectivity index (χ1v) is 5.73. The Hall–Kier alpha value is -1.86. The van der Waals surface area contributed by atoms with E-state index in [-0.39, 0.29) is 21.1 Å². The number of nitrogens with zero attached hydrogens (tertiary/aromatic N) is 3. The molecule has 0 fully saturated rings. The van der Waals surface area contributed by atoms with Crippen molar-refractivity contribution < 1.29 is 21.1 Å². The molecule has 0 aliphatic rings. The third kappa shape index (κ3) is 3.12. The van der Waals surface area contributed by atoms with Crippen molar-refractivity contribution in [3.8, 4) is 22.8 Å². The van der Waals surface area contributed by atoms with Gasteiger partial charge in [0.1, 0.15) is 0 Å². The second-order valence-electron chi connectivity index (χ2n) is 3.84. The van der Waals surface area contributed by atoms with Crippen LogP contribution in [0.1, 0.15) is 0 Å². The summed E-state index contributed by atoms with van der Waals surface area (Å²) in [5.74, 6) is 0. The van der Waals surface area contributed by atoms with Crippen LogP contribution in [0.15, 0.2) is 67.0 Å². The molecule has 3 aromatic heterocycles. The molecule has 3 nitrogen and oxygen atoms in total. The zero-order chi connectivity index (χ0) is 12.2. The average Bonchev–Trinajstić information content (AvgIpc) is 2.49. The molecule has 0 saturated carbocycles. The fourth-order valence-electron chi connectivity index (χ4n) is 1.75. The van der Waals surface area contributed by atoms with Crippen molar-refractivity contribution in [2.75, 3.05) is 0 Å². The molecular weight excluding hydrogens is 417 g/mol. The molecule has 3 heterocycles. The monoisotopic (exact) mass is 428 g/mol. The Morgan fingerprint density at radius 3 is 1.42 bits per heavy atom. The molecule has 0 aromatic carbocycles. The Morgan fingerprint density at radius 2 is 1.00 bits per heavy atom. The largest absolute Gasteiger partial charge is 0.255 e. The number of hydrogen-bond donors (Lipinski definition) is 0. The fraction of sp³-hybridized carbons (Fsp3) is 0. The standard InChI is InChI=1S/C15H11N3.Pt/c1-3-10-16-12(6-1)14-8-5-9-15(18-14)13-7-2-4-11-17-13;/h1-11H;. The quantitative estimate of drug-likeness (QED) is 0.630. The van der Waals surface area contributed by atoms with Crippen LogP contribution in [0, 0.1) is 0 Å². The molecule has 3 rings (SSSR count). The molecule has 0 atom stereocenters. The minimum Gasteiger partial charge on any atom is -0.255 e. The van der Waals surface area contributed by atoms with E-state index in [9.17, 15) is 0 Å². The third-order valence-electron chi connectivity index (χ3n) is 2.60. The minimum atomic E-state index is 0. The topological polar surface area (TPSA) is 38.7 Å². The van der Waals surface area contributed by atoms with E-state index in [1.165, 1.54) is 0 Å². The van der Waals surface area contributed by atoms with Crippen molar-refractivity contribution >= 4 is 0 Å². The third-order valence-corrected chi connectivity index (χ3v) is 2.60. The van der Waals surface area contributed by atoms with E-state index in [0.29, 0.717) is 0 Å². The summed E-state index contributed by atoms with van der Waals surface area (Å²) in [6, 6.07) is 17.5. The van der Waals surface area contributed by atoms with Gasteiger partial charge in [0, 0.05) is 33.5 Å². The minimum absolute atomic E-state index is 0. The first-order chi connectivity index (χ1) is 8.93. The molecule has 0 radical (unpaired) electrons. The van der Waals surface area contributed by atoms with E-state index >= 15 is 0 Å². The van der Waals surface area contributed by atoms with Crippen LogP contribution in [0.2, 0.25) is 0 Å². The van der Waals surface area contributed by atoms with Gasteiger partial charge in [0.15, 0.2) is 0 Å². The Balaban J connectivity index is 0.00000133. The van der Waals surface area contributed by atoms with Gasteiger partial charge in [0.25, 0.3) is 0 Å². The van der Waals surface area contributed by atoms with Crippen molar-refractivity contribution in [2.24, 2.45) is 0 Å². The Kier molecular flexibility index (Phi) is 4.53. The first kappa shape index (κ1) is 13.6. The number of rotatable bonds is 2. The summed E-state index contributed by atoms with van der Waals surface area (Å²) in [6.07, 6.45) is 3.54. The van der Waals surface area contributed by atoms with Crippen LogP contribution in [-0.4, -0.2) is 15.0 Å². The molecule has 0 N–H and O–H groups in total. The van der Waals surface area contributed by atoms with Crippen molar-refractivity contribution in [2.45, 2.75) is 0 Å². The van der Waals surface area contributed by atoms with Gasteiger partial charge in [-0.2, -0.15) is 0 Å². The summed E-state index contributed by atoms with van der Waals surface area (Å²) in [4.78, 5) is 13.2. The van der Waals surface area contributed by atoms with Crippen LogP contribution in [0.4, 0.5) is 0 Å². The summed E-state index contributed by atoms with van der Waals surface area (Å²) in [6.45, 7) is 0. The molecule has 0 amide bonds. The van der Waals surface area contributed by atoms with Gasteiger partial charge in [-0.05, 0) is 36.4 Å². The summed E-state index contributed by atoms with van der Waals surface area (Å²) in [5, 5.41) is 0. The van der Waals surface area contributed by atoms with Crippen LogP contribution in [0.3, 0.4) is 0 Å².